The quantitative estimate of drug-likeness (QED) is 0.746. The van der Waals surface area contributed by atoms with E-state index in [-0.39, 0.29) is 5.75 Å². The van der Waals surface area contributed by atoms with Crippen LogP contribution in [0.5, 0.6) is 5.75 Å². The second-order valence-corrected chi connectivity index (χ2v) is 3.25. The molecule has 0 spiro atoms. The summed E-state index contributed by atoms with van der Waals surface area (Å²) in [4.78, 5) is 0. The van der Waals surface area contributed by atoms with Gasteiger partial charge in [0, 0.05) is 5.02 Å². The van der Waals surface area contributed by atoms with E-state index >= 15 is 0 Å². The van der Waals surface area contributed by atoms with Gasteiger partial charge < -0.3 is 4.74 Å². The summed E-state index contributed by atoms with van der Waals surface area (Å²) >= 11 is 5.63. The van der Waals surface area contributed by atoms with Gasteiger partial charge in [-0.25, -0.2) is 0 Å². The van der Waals surface area contributed by atoms with E-state index in [1.165, 1.54) is 12.1 Å². The van der Waals surface area contributed by atoms with Gasteiger partial charge in [0.25, 0.3) is 0 Å². The predicted molar refractivity (Wildman–Crippen MR) is 47.7 cm³/mol. The van der Waals surface area contributed by atoms with Crippen LogP contribution in [0.3, 0.4) is 0 Å². The zero-order valence-corrected chi connectivity index (χ0v) is 8.12. The molecular formula is C9H8ClF3O. The van der Waals surface area contributed by atoms with Gasteiger partial charge in [0.05, 0.1) is 0 Å². The van der Waals surface area contributed by atoms with Crippen molar-refractivity contribution in [3.8, 4) is 5.75 Å². The minimum atomic E-state index is -4.31. The molecule has 78 valence electrons. The van der Waals surface area contributed by atoms with Gasteiger partial charge >= 0.3 is 6.18 Å². The summed E-state index contributed by atoms with van der Waals surface area (Å²) in [5.74, 6) is 0.201. The van der Waals surface area contributed by atoms with Crippen molar-refractivity contribution in [1.29, 1.82) is 0 Å². The molecule has 0 N–H and O–H groups in total. The minimum Gasteiger partial charge on any atom is -0.484 e. The topological polar surface area (TPSA) is 9.23 Å². The van der Waals surface area contributed by atoms with E-state index in [1.807, 2.05) is 0 Å². The van der Waals surface area contributed by atoms with Gasteiger partial charge in [-0.2, -0.15) is 13.2 Å². The van der Waals surface area contributed by atoms with Crippen LogP contribution in [0.25, 0.3) is 0 Å². The number of rotatable bonds is 2. The molecule has 0 radical (unpaired) electrons. The van der Waals surface area contributed by atoms with Crippen LogP contribution in [-0.2, 0) is 0 Å². The van der Waals surface area contributed by atoms with Gasteiger partial charge in [0.1, 0.15) is 5.75 Å². The van der Waals surface area contributed by atoms with Crippen molar-refractivity contribution in [2.75, 3.05) is 6.61 Å². The molecule has 0 bridgehead atoms. The highest BCUT2D eigenvalue weighted by molar-refractivity contribution is 6.30. The van der Waals surface area contributed by atoms with Crippen molar-refractivity contribution in [3.63, 3.8) is 0 Å². The molecule has 0 saturated heterocycles. The van der Waals surface area contributed by atoms with Crippen LogP contribution in [0.15, 0.2) is 18.2 Å². The van der Waals surface area contributed by atoms with Gasteiger partial charge in [0.2, 0.25) is 0 Å². The Morgan fingerprint density at radius 2 is 2.00 bits per heavy atom. The van der Waals surface area contributed by atoms with E-state index in [4.69, 9.17) is 11.6 Å². The van der Waals surface area contributed by atoms with Crippen LogP contribution >= 0.6 is 11.6 Å². The second-order valence-electron chi connectivity index (χ2n) is 2.81. The van der Waals surface area contributed by atoms with Crippen LogP contribution in [0.2, 0.25) is 5.02 Å². The maximum absolute atomic E-state index is 11.8. The zero-order valence-electron chi connectivity index (χ0n) is 7.36. The summed E-state index contributed by atoms with van der Waals surface area (Å²) in [6.45, 7) is 0.354. The molecule has 0 unspecified atom stereocenters. The molecule has 0 aliphatic carbocycles. The Morgan fingerprint density at radius 3 is 2.50 bits per heavy atom. The monoisotopic (exact) mass is 224 g/mol. The second kappa shape index (κ2) is 4.09. The molecule has 0 aliphatic rings. The summed E-state index contributed by atoms with van der Waals surface area (Å²) in [7, 11) is 0. The van der Waals surface area contributed by atoms with Crippen molar-refractivity contribution >= 4 is 11.6 Å². The highest BCUT2D eigenvalue weighted by Gasteiger charge is 2.28. The first-order valence-corrected chi connectivity index (χ1v) is 4.22. The molecule has 1 aromatic carbocycles. The molecule has 0 aromatic heterocycles. The lowest BCUT2D eigenvalue weighted by atomic mass is 10.2. The van der Waals surface area contributed by atoms with Crippen molar-refractivity contribution in [2.45, 2.75) is 13.1 Å². The lowest BCUT2D eigenvalue weighted by Crippen LogP contribution is -2.19. The summed E-state index contributed by atoms with van der Waals surface area (Å²) in [6, 6.07) is 4.46. The predicted octanol–water partition coefficient (Wildman–Crippen LogP) is 3.59. The van der Waals surface area contributed by atoms with Crippen LogP contribution < -0.4 is 4.74 Å². The Balaban J connectivity index is 2.68. The van der Waals surface area contributed by atoms with E-state index in [2.05, 4.69) is 4.74 Å². The number of hydrogen-bond donors (Lipinski definition) is 0. The number of ether oxygens (including phenoxy) is 1. The van der Waals surface area contributed by atoms with Crippen LogP contribution in [-0.4, -0.2) is 12.8 Å². The average molecular weight is 225 g/mol. The van der Waals surface area contributed by atoms with E-state index in [9.17, 15) is 13.2 Å². The van der Waals surface area contributed by atoms with Gasteiger partial charge in [-0.15, -0.1) is 0 Å². The molecule has 0 atom stereocenters. The SMILES string of the molecule is Cc1cc(Cl)ccc1OCC(F)(F)F. The number of halogens is 4. The maximum Gasteiger partial charge on any atom is 0.422 e. The highest BCUT2D eigenvalue weighted by Crippen LogP contribution is 2.24. The molecule has 1 aromatic rings. The van der Waals surface area contributed by atoms with Crippen molar-refractivity contribution in [3.05, 3.63) is 28.8 Å². The van der Waals surface area contributed by atoms with Gasteiger partial charge in [0.15, 0.2) is 6.61 Å². The molecule has 0 saturated carbocycles. The molecule has 0 amide bonds. The third kappa shape index (κ3) is 3.46. The molecular weight excluding hydrogens is 217 g/mol. The lowest BCUT2D eigenvalue weighted by molar-refractivity contribution is -0.153. The standard InChI is InChI=1S/C9H8ClF3O/c1-6-4-7(10)2-3-8(6)14-5-9(11,12)13/h2-4H,5H2,1H3. The van der Waals surface area contributed by atoms with E-state index in [0.717, 1.165) is 0 Å². The maximum atomic E-state index is 11.8. The Morgan fingerprint density at radius 1 is 1.36 bits per heavy atom. The van der Waals surface area contributed by atoms with E-state index in [0.29, 0.717) is 10.6 Å². The Labute approximate surface area is 84.4 Å². The Bertz CT molecular complexity index is 322. The number of aryl methyl sites for hydroxylation is 1. The van der Waals surface area contributed by atoms with Crippen molar-refractivity contribution < 1.29 is 17.9 Å². The number of alkyl halides is 3. The molecule has 0 heterocycles. The molecule has 0 fully saturated rings. The van der Waals surface area contributed by atoms with Crippen LogP contribution in [0, 0.1) is 6.92 Å². The molecule has 1 nitrogen and oxygen atoms in total. The molecule has 14 heavy (non-hydrogen) atoms. The van der Waals surface area contributed by atoms with Crippen LogP contribution in [0.4, 0.5) is 13.2 Å². The minimum absolute atomic E-state index is 0.201. The highest BCUT2D eigenvalue weighted by atomic mass is 35.5. The average Bonchev–Trinajstić information content (AvgIpc) is 2.00. The largest absolute Gasteiger partial charge is 0.484 e. The Kier molecular flexibility index (Phi) is 3.26. The first kappa shape index (κ1) is 11.2. The van der Waals surface area contributed by atoms with E-state index in [1.54, 1.807) is 13.0 Å². The third-order valence-corrected chi connectivity index (χ3v) is 1.76. The van der Waals surface area contributed by atoms with Gasteiger partial charge in [-0.1, -0.05) is 11.6 Å². The fourth-order valence-electron chi connectivity index (χ4n) is 0.934. The Hall–Kier alpha value is -0.900. The van der Waals surface area contributed by atoms with E-state index < -0.39 is 12.8 Å². The molecule has 5 heteroatoms. The fraction of sp³-hybridized carbons (Fsp3) is 0.333. The first-order valence-electron chi connectivity index (χ1n) is 3.84. The number of hydrogen-bond acceptors (Lipinski definition) is 1. The van der Waals surface area contributed by atoms with Gasteiger partial charge in [-0.3, -0.25) is 0 Å². The van der Waals surface area contributed by atoms with Crippen LogP contribution in [0.1, 0.15) is 5.56 Å². The molecule has 0 aliphatic heterocycles. The lowest BCUT2D eigenvalue weighted by Gasteiger charge is -2.11. The fourth-order valence-corrected chi connectivity index (χ4v) is 1.16. The molecule has 1 rings (SSSR count). The zero-order chi connectivity index (χ0) is 10.8. The smallest absolute Gasteiger partial charge is 0.422 e. The van der Waals surface area contributed by atoms with Crippen molar-refractivity contribution in [2.24, 2.45) is 0 Å². The van der Waals surface area contributed by atoms with Crippen molar-refractivity contribution in [1.82, 2.24) is 0 Å². The summed E-state index contributed by atoms with van der Waals surface area (Å²) < 4.78 is 40.0. The summed E-state index contributed by atoms with van der Waals surface area (Å²) in [5.41, 5.74) is 0.585. The number of benzene rings is 1. The first-order chi connectivity index (χ1) is 6.38. The summed E-state index contributed by atoms with van der Waals surface area (Å²) in [6.07, 6.45) is -4.31. The van der Waals surface area contributed by atoms with Gasteiger partial charge in [-0.05, 0) is 30.7 Å². The normalized spacial score (nSPS) is 11.5. The summed E-state index contributed by atoms with van der Waals surface area (Å²) in [5, 5.41) is 0.474. The third-order valence-electron chi connectivity index (χ3n) is 1.53.